The Hall–Kier alpha value is -2.24. The first-order valence-electron chi connectivity index (χ1n) is 7.52. The van der Waals surface area contributed by atoms with E-state index in [2.05, 4.69) is 5.32 Å². The summed E-state index contributed by atoms with van der Waals surface area (Å²) in [7, 11) is 0. The van der Waals surface area contributed by atoms with E-state index in [4.69, 9.17) is 9.47 Å². The van der Waals surface area contributed by atoms with Gasteiger partial charge < -0.3 is 19.7 Å². The summed E-state index contributed by atoms with van der Waals surface area (Å²) in [6, 6.07) is 5.51. The van der Waals surface area contributed by atoms with Gasteiger partial charge in [0.2, 0.25) is 18.6 Å². The van der Waals surface area contributed by atoms with Crippen molar-refractivity contribution in [3.63, 3.8) is 0 Å². The number of amides is 2. The first-order valence-corrected chi connectivity index (χ1v) is 7.52. The van der Waals surface area contributed by atoms with Gasteiger partial charge in [0.1, 0.15) is 0 Å². The topological polar surface area (TPSA) is 67.9 Å². The molecule has 6 nitrogen and oxygen atoms in total. The molecule has 0 aliphatic carbocycles. The van der Waals surface area contributed by atoms with E-state index in [1.54, 1.807) is 4.90 Å². The number of hydrogen-bond acceptors (Lipinski definition) is 4. The fourth-order valence-electron chi connectivity index (χ4n) is 2.67. The van der Waals surface area contributed by atoms with Crippen LogP contribution in [-0.4, -0.2) is 31.7 Å². The maximum atomic E-state index is 12.2. The van der Waals surface area contributed by atoms with E-state index in [1.807, 2.05) is 32.0 Å². The molecule has 0 aromatic heterocycles. The molecule has 1 aromatic carbocycles. The van der Waals surface area contributed by atoms with Gasteiger partial charge in [0, 0.05) is 43.1 Å². The van der Waals surface area contributed by atoms with Crippen LogP contribution < -0.4 is 19.7 Å². The number of nitrogens with one attached hydrogen (secondary N) is 1. The quantitative estimate of drug-likeness (QED) is 0.916. The molecule has 6 heteroatoms. The molecular formula is C16H20N2O4. The Morgan fingerprint density at radius 3 is 2.91 bits per heavy atom. The third kappa shape index (κ3) is 2.86. The zero-order valence-corrected chi connectivity index (χ0v) is 12.8. The summed E-state index contributed by atoms with van der Waals surface area (Å²) in [5.74, 6) is 1.57. The maximum absolute atomic E-state index is 12.2. The van der Waals surface area contributed by atoms with Crippen LogP contribution in [0.5, 0.6) is 11.5 Å². The zero-order chi connectivity index (χ0) is 15.7. The summed E-state index contributed by atoms with van der Waals surface area (Å²) in [5.41, 5.74) is 0.812. The molecule has 22 heavy (non-hydrogen) atoms. The smallest absolute Gasteiger partial charge is 0.231 e. The number of benzene rings is 1. The number of ether oxygens (including phenoxy) is 2. The molecule has 1 N–H and O–H groups in total. The highest BCUT2D eigenvalue weighted by atomic mass is 16.7. The van der Waals surface area contributed by atoms with E-state index < -0.39 is 0 Å². The van der Waals surface area contributed by atoms with Crippen LogP contribution in [0.3, 0.4) is 0 Å². The normalized spacial score (nSPS) is 19.9. The van der Waals surface area contributed by atoms with Crippen molar-refractivity contribution in [1.29, 1.82) is 0 Å². The van der Waals surface area contributed by atoms with Crippen LogP contribution in [0.25, 0.3) is 0 Å². The average Bonchev–Trinajstić information content (AvgIpc) is 3.09. The van der Waals surface area contributed by atoms with Crippen molar-refractivity contribution < 1.29 is 19.1 Å². The SMILES string of the molecule is CC(C)C(=O)NC[C@@H]1CC(=O)N(c2ccc3c(c2)OCO3)C1. The number of carbonyl (C=O) groups is 2. The van der Waals surface area contributed by atoms with E-state index in [-0.39, 0.29) is 30.4 Å². The van der Waals surface area contributed by atoms with Crippen molar-refractivity contribution in [2.24, 2.45) is 11.8 Å². The van der Waals surface area contributed by atoms with Crippen LogP contribution in [0.1, 0.15) is 20.3 Å². The zero-order valence-electron chi connectivity index (χ0n) is 12.8. The van der Waals surface area contributed by atoms with Gasteiger partial charge in [-0.15, -0.1) is 0 Å². The lowest BCUT2D eigenvalue weighted by Gasteiger charge is -2.17. The lowest BCUT2D eigenvalue weighted by Crippen LogP contribution is -2.33. The Morgan fingerprint density at radius 1 is 1.36 bits per heavy atom. The molecule has 0 spiro atoms. The highest BCUT2D eigenvalue weighted by Crippen LogP contribution is 2.37. The van der Waals surface area contributed by atoms with Crippen molar-refractivity contribution in [3.05, 3.63) is 18.2 Å². The second-order valence-corrected chi connectivity index (χ2v) is 6.01. The van der Waals surface area contributed by atoms with Crippen LogP contribution in [0.15, 0.2) is 18.2 Å². The summed E-state index contributed by atoms with van der Waals surface area (Å²) < 4.78 is 10.6. The first kappa shape index (κ1) is 14.7. The Morgan fingerprint density at radius 2 is 2.14 bits per heavy atom. The lowest BCUT2D eigenvalue weighted by atomic mass is 10.1. The maximum Gasteiger partial charge on any atom is 0.231 e. The number of nitrogens with zero attached hydrogens (tertiary/aromatic N) is 1. The van der Waals surface area contributed by atoms with Crippen LogP contribution in [0.2, 0.25) is 0 Å². The molecule has 0 bridgehead atoms. The van der Waals surface area contributed by atoms with Crippen molar-refractivity contribution in [3.8, 4) is 11.5 Å². The van der Waals surface area contributed by atoms with Crippen molar-refractivity contribution in [2.45, 2.75) is 20.3 Å². The molecule has 0 unspecified atom stereocenters. The number of fused-ring (bicyclic) bond motifs is 1. The lowest BCUT2D eigenvalue weighted by molar-refractivity contribution is -0.124. The Bertz CT molecular complexity index is 600. The summed E-state index contributed by atoms with van der Waals surface area (Å²) in [4.78, 5) is 25.6. The average molecular weight is 304 g/mol. The number of rotatable bonds is 4. The molecule has 118 valence electrons. The molecule has 2 amide bonds. The molecule has 1 saturated heterocycles. The number of carbonyl (C=O) groups excluding carboxylic acids is 2. The van der Waals surface area contributed by atoms with Crippen molar-refractivity contribution in [1.82, 2.24) is 5.32 Å². The van der Waals surface area contributed by atoms with E-state index in [0.717, 1.165) is 5.69 Å². The molecule has 2 aliphatic heterocycles. The minimum absolute atomic E-state index is 0.0222. The van der Waals surface area contributed by atoms with Crippen LogP contribution >= 0.6 is 0 Å². The second kappa shape index (κ2) is 5.87. The molecule has 2 heterocycles. The van der Waals surface area contributed by atoms with E-state index in [0.29, 0.717) is 31.0 Å². The molecule has 3 rings (SSSR count). The standard InChI is InChI=1S/C16H20N2O4/c1-10(2)16(20)17-7-11-5-15(19)18(8-11)12-3-4-13-14(6-12)22-9-21-13/h3-4,6,10-11H,5,7-9H2,1-2H3,(H,17,20)/t11-/m0/s1. The highest BCUT2D eigenvalue weighted by molar-refractivity contribution is 5.96. The van der Waals surface area contributed by atoms with Gasteiger partial charge in [0.05, 0.1) is 0 Å². The van der Waals surface area contributed by atoms with Crippen LogP contribution in [0, 0.1) is 11.8 Å². The van der Waals surface area contributed by atoms with Crippen molar-refractivity contribution >= 4 is 17.5 Å². The van der Waals surface area contributed by atoms with E-state index in [9.17, 15) is 9.59 Å². The van der Waals surface area contributed by atoms with Crippen molar-refractivity contribution in [2.75, 3.05) is 24.8 Å². The number of hydrogen-bond donors (Lipinski definition) is 1. The fraction of sp³-hybridized carbons (Fsp3) is 0.500. The molecule has 1 atom stereocenters. The number of anilines is 1. The molecule has 2 aliphatic rings. The summed E-state index contributed by atoms with van der Waals surface area (Å²) >= 11 is 0. The summed E-state index contributed by atoms with van der Waals surface area (Å²) in [6.07, 6.45) is 0.451. The Labute approximate surface area is 129 Å². The predicted octanol–water partition coefficient (Wildman–Crippen LogP) is 1.54. The van der Waals surface area contributed by atoms with Gasteiger partial charge in [-0.1, -0.05) is 13.8 Å². The van der Waals surface area contributed by atoms with E-state index >= 15 is 0 Å². The minimum atomic E-state index is -0.0398. The molecule has 1 fully saturated rings. The van der Waals surface area contributed by atoms with Gasteiger partial charge in [0.25, 0.3) is 0 Å². The Kier molecular flexibility index (Phi) is 3.92. The summed E-state index contributed by atoms with van der Waals surface area (Å²) in [6.45, 7) is 5.07. The van der Waals surface area contributed by atoms with Gasteiger partial charge in [-0.05, 0) is 12.1 Å². The fourth-order valence-corrected chi connectivity index (χ4v) is 2.67. The monoisotopic (exact) mass is 304 g/mol. The molecule has 0 radical (unpaired) electrons. The summed E-state index contributed by atoms with van der Waals surface area (Å²) in [5, 5.41) is 2.90. The minimum Gasteiger partial charge on any atom is -0.454 e. The third-order valence-electron chi connectivity index (χ3n) is 3.96. The van der Waals surface area contributed by atoms with E-state index in [1.165, 1.54) is 0 Å². The second-order valence-electron chi connectivity index (χ2n) is 6.01. The first-order chi connectivity index (χ1) is 10.5. The molecular weight excluding hydrogens is 284 g/mol. The van der Waals surface area contributed by atoms with Gasteiger partial charge >= 0.3 is 0 Å². The Balaban J connectivity index is 1.64. The van der Waals surface area contributed by atoms with Gasteiger partial charge in [-0.2, -0.15) is 0 Å². The van der Waals surface area contributed by atoms with Gasteiger partial charge in [0.15, 0.2) is 11.5 Å². The largest absolute Gasteiger partial charge is 0.454 e. The van der Waals surface area contributed by atoms with Gasteiger partial charge in [-0.3, -0.25) is 9.59 Å². The van der Waals surface area contributed by atoms with Gasteiger partial charge in [-0.25, -0.2) is 0 Å². The predicted molar refractivity (Wildman–Crippen MR) is 80.9 cm³/mol. The third-order valence-corrected chi connectivity index (χ3v) is 3.96. The molecule has 1 aromatic rings. The highest BCUT2D eigenvalue weighted by Gasteiger charge is 2.31. The van der Waals surface area contributed by atoms with Crippen LogP contribution in [0.4, 0.5) is 5.69 Å². The molecule has 0 saturated carbocycles. The van der Waals surface area contributed by atoms with Crippen LogP contribution in [-0.2, 0) is 9.59 Å².